The Morgan fingerprint density at radius 1 is 1.17 bits per heavy atom. The van der Waals surface area contributed by atoms with Crippen LogP contribution in [0, 0.1) is 5.92 Å². The van der Waals surface area contributed by atoms with Crippen molar-refractivity contribution in [2.45, 2.75) is 13.8 Å². The third-order valence-corrected chi connectivity index (χ3v) is 1.23. The number of hydrogen-bond acceptors (Lipinski definition) is 2. The Morgan fingerprint density at radius 2 is 1.58 bits per heavy atom. The Kier molecular flexibility index (Phi) is 3.40. The van der Waals surface area contributed by atoms with E-state index in [4.69, 9.17) is 10.2 Å². The summed E-state index contributed by atoms with van der Waals surface area (Å²) >= 11 is 0. The molecule has 0 spiro atoms. The minimum Gasteiger partial charge on any atom is -0.478 e. The second-order valence-corrected chi connectivity index (χ2v) is 2.49. The van der Waals surface area contributed by atoms with Crippen LogP contribution in [-0.2, 0) is 9.59 Å². The molecule has 0 rings (SSSR count). The Hall–Kier alpha value is -1.39. The van der Waals surface area contributed by atoms with E-state index in [-0.39, 0.29) is 0 Å². The van der Waals surface area contributed by atoms with Gasteiger partial charge in [-0.25, -0.2) is 9.59 Å². The van der Waals surface area contributed by atoms with Crippen LogP contribution in [0.4, 0.5) is 4.39 Å². The normalized spacial score (nSPS) is 12.7. The van der Waals surface area contributed by atoms with E-state index in [0.29, 0.717) is 0 Å². The van der Waals surface area contributed by atoms with Crippen LogP contribution in [0.25, 0.3) is 0 Å². The molecule has 0 aromatic heterocycles. The number of aliphatic carboxylic acids is 2. The highest BCUT2D eigenvalue weighted by atomic mass is 19.1. The summed E-state index contributed by atoms with van der Waals surface area (Å²) in [6.45, 7) is 2.82. The lowest BCUT2D eigenvalue weighted by Crippen LogP contribution is -2.13. The van der Waals surface area contributed by atoms with Crippen molar-refractivity contribution >= 4 is 11.9 Å². The van der Waals surface area contributed by atoms with Crippen molar-refractivity contribution in [3.05, 3.63) is 11.4 Å². The maximum Gasteiger partial charge on any atom is 0.365 e. The zero-order valence-corrected chi connectivity index (χ0v) is 6.67. The average molecular weight is 176 g/mol. The summed E-state index contributed by atoms with van der Waals surface area (Å²) in [5.74, 6) is -5.64. The summed E-state index contributed by atoms with van der Waals surface area (Å²) in [5.41, 5.74) is -0.706. The molecular formula is C7H9FO4. The van der Waals surface area contributed by atoms with Gasteiger partial charge in [0, 0.05) is 0 Å². The third kappa shape index (κ3) is 2.34. The molecule has 0 aromatic carbocycles. The number of carboxylic acids is 2. The molecule has 0 aliphatic carbocycles. The van der Waals surface area contributed by atoms with E-state index >= 15 is 0 Å². The highest BCUT2D eigenvalue weighted by Crippen LogP contribution is 2.16. The van der Waals surface area contributed by atoms with Crippen molar-refractivity contribution in [3.8, 4) is 0 Å². The van der Waals surface area contributed by atoms with E-state index < -0.39 is 29.3 Å². The molecule has 12 heavy (non-hydrogen) atoms. The first-order valence-electron chi connectivity index (χ1n) is 3.24. The zero-order chi connectivity index (χ0) is 9.89. The Morgan fingerprint density at radius 3 is 1.67 bits per heavy atom. The maximum atomic E-state index is 12.6. The number of carbonyl (C=O) groups is 2. The van der Waals surface area contributed by atoms with Gasteiger partial charge >= 0.3 is 11.9 Å². The molecule has 0 heterocycles. The van der Waals surface area contributed by atoms with Crippen molar-refractivity contribution in [1.29, 1.82) is 0 Å². The van der Waals surface area contributed by atoms with Crippen molar-refractivity contribution in [2.75, 3.05) is 0 Å². The first kappa shape index (κ1) is 10.6. The lowest BCUT2D eigenvalue weighted by molar-refractivity contribution is -0.137. The fourth-order valence-corrected chi connectivity index (χ4v) is 0.709. The molecule has 0 aliphatic rings. The van der Waals surface area contributed by atoms with Gasteiger partial charge in [0.15, 0.2) is 0 Å². The van der Waals surface area contributed by atoms with Gasteiger partial charge in [-0.2, -0.15) is 4.39 Å². The van der Waals surface area contributed by atoms with Gasteiger partial charge in [-0.15, -0.1) is 0 Å². The molecule has 0 amide bonds. The largest absolute Gasteiger partial charge is 0.478 e. The van der Waals surface area contributed by atoms with Crippen LogP contribution in [0.5, 0.6) is 0 Å². The van der Waals surface area contributed by atoms with Gasteiger partial charge in [0.1, 0.15) is 0 Å². The molecule has 0 saturated heterocycles. The van der Waals surface area contributed by atoms with Gasteiger partial charge in [-0.05, 0) is 5.92 Å². The molecule has 0 aromatic rings. The molecule has 2 N–H and O–H groups in total. The van der Waals surface area contributed by atoms with E-state index in [1.165, 1.54) is 13.8 Å². The van der Waals surface area contributed by atoms with Crippen molar-refractivity contribution in [1.82, 2.24) is 0 Å². The fraction of sp³-hybridized carbons (Fsp3) is 0.429. The zero-order valence-electron chi connectivity index (χ0n) is 6.67. The second-order valence-electron chi connectivity index (χ2n) is 2.49. The molecule has 4 nitrogen and oxygen atoms in total. The topological polar surface area (TPSA) is 74.6 Å². The van der Waals surface area contributed by atoms with Gasteiger partial charge < -0.3 is 10.2 Å². The van der Waals surface area contributed by atoms with Crippen LogP contribution in [0.3, 0.4) is 0 Å². The number of hydrogen-bond donors (Lipinski definition) is 2. The minimum atomic E-state index is -1.85. The van der Waals surface area contributed by atoms with E-state index in [1.807, 2.05) is 0 Å². The quantitative estimate of drug-likeness (QED) is 0.630. The lowest BCUT2D eigenvalue weighted by Gasteiger charge is -2.04. The molecule has 0 atom stereocenters. The summed E-state index contributed by atoms with van der Waals surface area (Å²) < 4.78 is 12.6. The van der Waals surface area contributed by atoms with E-state index in [0.717, 1.165) is 0 Å². The van der Waals surface area contributed by atoms with Crippen molar-refractivity contribution in [2.24, 2.45) is 5.92 Å². The van der Waals surface area contributed by atoms with Gasteiger partial charge in [-0.1, -0.05) is 13.8 Å². The Balaban J connectivity index is 5.08. The van der Waals surface area contributed by atoms with E-state index in [1.54, 1.807) is 0 Å². The van der Waals surface area contributed by atoms with Crippen LogP contribution in [0.15, 0.2) is 11.4 Å². The molecular weight excluding hydrogens is 167 g/mol. The molecule has 0 fully saturated rings. The highest BCUT2D eigenvalue weighted by molar-refractivity contribution is 5.97. The smallest absolute Gasteiger partial charge is 0.365 e. The van der Waals surface area contributed by atoms with Gasteiger partial charge in [0.25, 0.3) is 0 Å². The van der Waals surface area contributed by atoms with Crippen LogP contribution < -0.4 is 0 Å². The predicted octanol–water partition coefficient (Wildman–Crippen LogP) is 1.04. The summed E-state index contributed by atoms with van der Waals surface area (Å²) in [4.78, 5) is 20.4. The van der Waals surface area contributed by atoms with Crippen molar-refractivity contribution < 1.29 is 24.2 Å². The first-order valence-corrected chi connectivity index (χ1v) is 3.24. The maximum absolute atomic E-state index is 12.6. The molecule has 0 bridgehead atoms. The summed E-state index contributed by atoms with van der Waals surface area (Å²) in [6, 6.07) is 0. The monoisotopic (exact) mass is 176 g/mol. The number of rotatable bonds is 3. The van der Waals surface area contributed by atoms with Crippen LogP contribution in [0.2, 0.25) is 0 Å². The molecule has 0 aliphatic heterocycles. The van der Waals surface area contributed by atoms with Crippen molar-refractivity contribution in [3.63, 3.8) is 0 Å². The lowest BCUT2D eigenvalue weighted by atomic mass is 10.0. The summed E-state index contributed by atoms with van der Waals surface area (Å²) in [6.07, 6.45) is 0. The van der Waals surface area contributed by atoms with Crippen LogP contribution in [0.1, 0.15) is 13.8 Å². The van der Waals surface area contributed by atoms with Gasteiger partial charge in [0.05, 0.1) is 5.57 Å². The van der Waals surface area contributed by atoms with E-state index in [2.05, 4.69) is 0 Å². The van der Waals surface area contributed by atoms with E-state index in [9.17, 15) is 14.0 Å². The minimum absolute atomic E-state index is 0.654. The van der Waals surface area contributed by atoms with Crippen LogP contribution >= 0.6 is 0 Å². The summed E-state index contributed by atoms with van der Waals surface area (Å²) in [5, 5.41) is 16.6. The SMILES string of the molecule is CC(C)C(C(=O)O)=C(F)C(=O)O. The highest BCUT2D eigenvalue weighted by Gasteiger charge is 2.22. The molecule has 0 unspecified atom stereocenters. The third-order valence-electron chi connectivity index (χ3n) is 1.23. The Bertz CT molecular complexity index is 242. The van der Waals surface area contributed by atoms with Gasteiger partial charge in [0.2, 0.25) is 5.83 Å². The first-order chi connectivity index (χ1) is 5.37. The second kappa shape index (κ2) is 3.85. The molecule has 0 radical (unpaired) electrons. The van der Waals surface area contributed by atoms with Crippen LogP contribution in [-0.4, -0.2) is 22.2 Å². The number of halogens is 1. The molecule has 5 heteroatoms. The predicted molar refractivity (Wildman–Crippen MR) is 38.2 cm³/mol. The fourth-order valence-electron chi connectivity index (χ4n) is 0.709. The van der Waals surface area contributed by atoms with Gasteiger partial charge in [-0.3, -0.25) is 0 Å². The molecule has 0 saturated carbocycles. The summed E-state index contributed by atoms with van der Waals surface area (Å²) in [7, 11) is 0. The Labute approximate surface area is 68.3 Å². The number of carboxylic acid groups (broad SMARTS) is 2. The standard InChI is InChI=1S/C7H9FO4/c1-3(2)4(6(9)10)5(8)7(11)12/h3H,1-2H3,(H,9,10)(H,11,12). The molecule has 68 valence electrons. The average Bonchev–Trinajstić information content (AvgIpc) is 1.85.